The van der Waals surface area contributed by atoms with E-state index >= 15 is 0 Å². The molecule has 7 aromatic rings. The lowest BCUT2D eigenvalue weighted by molar-refractivity contribution is 0.0512. The summed E-state index contributed by atoms with van der Waals surface area (Å²) >= 11 is 3.15. The second-order valence-corrected chi connectivity index (χ2v) is 16.0. The van der Waals surface area contributed by atoms with Gasteiger partial charge in [-0.25, -0.2) is 9.97 Å². The Balaban J connectivity index is 0.000000230. The van der Waals surface area contributed by atoms with Gasteiger partial charge in [-0.3, -0.25) is 8.57 Å². The molecule has 0 amide bonds. The molecule has 0 atom stereocenters. The third-order valence-electron chi connectivity index (χ3n) is 8.18. The third kappa shape index (κ3) is 12.4. The molecule has 0 radical (unpaired) electrons. The lowest BCUT2D eigenvalue weighted by Crippen LogP contribution is -2.11. The van der Waals surface area contributed by atoms with E-state index < -0.39 is 10.1 Å². The van der Waals surface area contributed by atoms with E-state index in [1.165, 1.54) is 0 Å². The molecule has 2 aromatic heterocycles. The summed E-state index contributed by atoms with van der Waals surface area (Å²) in [5, 5.41) is 17.8. The number of rotatable bonds is 16. The molecule has 57 heavy (non-hydrogen) atoms. The van der Waals surface area contributed by atoms with E-state index in [1.807, 2.05) is 93.6 Å². The number of halogens is 1. The molecule has 0 bridgehead atoms. The molecule has 7 rings (SSSR count). The first kappa shape index (κ1) is 43.0. The number of anilines is 2. The zero-order valence-electron chi connectivity index (χ0n) is 32.3. The molecule has 5 aromatic carbocycles. The molecule has 0 saturated heterocycles. The average molecular weight is 830 g/mol. The van der Waals surface area contributed by atoms with Crippen molar-refractivity contribution in [2.75, 3.05) is 50.9 Å². The third-order valence-corrected chi connectivity index (χ3v) is 11.6. The molecule has 0 aliphatic carbocycles. The monoisotopic (exact) mass is 829 g/mol. The van der Waals surface area contributed by atoms with Crippen LogP contribution in [0.25, 0.3) is 41.6 Å². The normalized spacial score (nSPS) is 11.0. The Bertz CT molecular complexity index is 2400. The van der Waals surface area contributed by atoms with Crippen molar-refractivity contribution in [2.24, 2.45) is 0 Å². The highest BCUT2D eigenvalue weighted by Gasteiger charge is 2.14. The predicted molar refractivity (Wildman–Crippen MR) is 232 cm³/mol. The lowest BCUT2D eigenvalue weighted by Gasteiger charge is -2.08. The van der Waals surface area contributed by atoms with Gasteiger partial charge in [0.15, 0.2) is 6.79 Å². The molecule has 14 heteroatoms. The number of fused-ring (bicyclic) bond motifs is 2. The maximum atomic E-state index is 12.2. The molecule has 0 saturated carbocycles. The fourth-order valence-electron chi connectivity index (χ4n) is 5.29. The van der Waals surface area contributed by atoms with Crippen LogP contribution in [0.5, 0.6) is 11.5 Å². The van der Waals surface area contributed by atoms with Gasteiger partial charge in [0.2, 0.25) is 0 Å². The maximum Gasteiger partial charge on any atom is 0.296 e. The van der Waals surface area contributed by atoms with Crippen LogP contribution in [0.2, 0.25) is 0 Å². The molecule has 0 spiro atoms. The fraction of sp³-hybridized carbons (Fsp3) is 0.256. The van der Waals surface area contributed by atoms with Gasteiger partial charge in [-0.2, -0.15) is 8.42 Å². The van der Waals surface area contributed by atoms with E-state index in [0.717, 1.165) is 64.3 Å². The molecular formula is C43H47FN4O6S3. The number of aromatic hydroxyl groups is 1. The van der Waals surface area contributed by atoms with Crippen molar-refractivity contribution in [3.05, 3.63) is 115 Å². The Morgan fingerprint density at radius 2 is 1.26 bits per heavy atom. The second-order valence-electron chi connectivity index (χ2n) is 12.4. The van der Waals surface area contributed by atoms with Crippen molar-refractivity contribution >= 4 is 64.6 Å². The lowest BCUT2D eigenvalue weighted by atomic mass is 10.2. The van der Waals surface area contributed by atoms with Gasteiger partial charge < -0.3 is 25.2 Å². The zero-order chi connectivity index (χ0) is 40.6. The minimum Gasteiger partial charge on any atom is -0.508 e. The minimum absolute atomic E-state index is 0.114. The van der Waals surface area contributed by atoms with Crippen LogP contribution >= 0.6 is 22.7 Å². The number of nitrogens with zero attached hydrogens (tertiary/aromatic N) is 2. The van der Waals surface area contributed by atoms with Gasteiger partial charge >= 0.3 is 0 Å². The van der Waals surface area contributed by atoms with Gasteiger partial charge in [-0.15, -0.1) is 22.7 Å². The molecule has 3 N–H and O–H groups in total. The number of aryl methyl sites for hydroxylation is 1. The first-order valence-electron chi connectivity index (χ1n) is 18.5. The maximum absolute atomic E-state index is 12.2. The first-order chi connectivity index (χ1) is 27.7. The summed E-state index contributed by atoms with van der Waals surface area (Å²) in [6.07, 6.45) is 1.07. The quantitative estimate of drug-likeness (QED) is 0.0491. The van der Waals surface area contributed by atoms with Crippen LogP contribution in [0.4, 0.5) is 15.8 Å². The van der Waals surface area contributed by atoms with E-state index in [4.69, 9.17) is 18.6 Å². The fourth-order valence-corrected chi connectivity index (χ4v) is 8.24. The van der Waals surface area contributed by atoms with Crippen LogP contribution in [0.1, 0.15) is 32.3 Å². The van der Waals surface area contributed by atoms with Crippen molar-refractivity contribution in [3.63, 3.8) is 0 Å². The van der Waals surface area contributed by atoms with Crippen molar-refractivity contribution in [1.82, 2.24) is 9.97 Å². The summed E-state index contributed by atoms with van der Waals surface area (Å²) in [5.41, 5.74) is 6.79. The van der Waals surface area contributed by atoms with Gasteiger partial charge in [0.25, 0.3) is 10.1 Å². The molecule has 2 heterocycles. The number of phenols is 1. The molecule has 0 aliphatic rings. The summed E-state index contributed by atoms with van der Waals surface area (Å²) in [6.45, 7) is 7.15. The van der Waals surface area contributed by atoms with Gasteiger partial charge in [0, 0.05) is 42.7 Å². The number of nitrogens with one attached hydrogen (secondary N) is 2. The Hall–Kier alpha value is -5.12. The van der Waals surface area contributed by atoms with E-state index in [9.17, 15) is 17.9 Å². The van der Waals surface area contributed by atoms with Gasteiger partial charge in [-0.05, 0) is 117 Å². The summed E-state index contributed by atoms with van der Waals surface area (Å²) < 4.78 is 54.1. The largest absolute Gasteiger partial charge is 0.508 e. The van der Waals surface area contributed by atoms with E-state index in [-0.39, 0.29) is 30.7 Å². The van der Waals surface area contributed by atoms with E-state index in [0.29, 0.717) is 25.9 Å². The predicted octanol–water partition coefficient (Wildman–Crippen LogP) is 10.9. The van der Waals surface area contributed by atoms with Crippen molar-refractivity contribution in [2.45, 2.75) is 38.5 Å². The van der Waals surface area contributed by atoms with Crippen LogP contribution in [0.15, 0.2) is 114 Å². The van der Waals surface area contributed by atoms with Gasteiger partial charge in [0.05, 0.1) is 38.6 Å². The van der Waals surface area contributed by atoms with Crippen LogP contribution in [0, 0.1) is 6.92 Å². The zero-order valence-corrected chi connectivity index (χ0v) is 34.8. The molecule has 10 nitrogen and oxygen atoms in total. The molecule has 0 aliphatic heterocycles. The highest BCUT2D eigenvalue weighted by atomic mass is 32.2. The number of phenolic OH excluding ortho intramolecular Hbond substituents is 1. The Labute approximate surface area is 341 Å². The summed E-state index contributed by atoms with van der Waals surface area (Å²) in [5.74, 6) is 1.00. The standard InChI is InChI=1S/C25H26N2O5S2.C16H15FN2OS.C2H6/c1-18-4-11-22(12-5-18)34(28,29)32-15-3-14-26-20-8-6-19(7-9-20)25-27-23-13-10-21(31-17-30-2)16-24(23)33-25;17-8-1-9-18-12-4-2-11(3-5-12)16-19-14-7-6-13(20)10-15(14)21-16;1-2/h4-13,16,26H,3,14-15,17H2,1-2H3;2-7,10,18,20H,1,8-9H2;1-2H3/i;17-1;. The Morgan fingerprint density at radius 3 is 1.82 bits per heavy atom. The topological polar surface area (TPSA) is 132 Å². The number of hydrogen-bond acceptors (Lipinski definition) is 12. The summed E-state index contributed by atoms with van der Waals surface area (Å²) in [4.78, 5) is 9.45. The van der Waals surface area contributed by atoms with Crippen LogP contribution < -0.4 is 15.4 Å². The minimum atomic E-state index is -3.72. The van der Waals surface area contributed by atoms with E-state index in [1.54, 1.807) is 66.2 Å². The van der Waals surface area contributed by atoms with E-state index in [2.05, 4.69) is 15.6 Å². The number of methoxy groups -OCH3 is 1. The van der Waals surface area contributed by atoms with Gasteiger partial charge in [-0.1, -0.05) is 31.5 Å². The summed E-state index contributed by atoms with van der Waals surface area (Å²) in [7, 11) is -2.13. The van der Waals surface area contributed by atoms with Crippen LogP contribution in [-0.2, 0) is 19.0 Å². The number of hydrogen-bond donors (Lipinski definition) is 3. The summed E-state index contributed by atoms with van der Waals surface area (Å²) in [6, 6.07) is 33.5. The molecule has 0 fully saturated rings. The molecular weight excluding hydrogens is 783 g/mol. The first-order valence-corrected chi connectivity index (χ1v) is 21.6. The molecule has 0 unspecified atom stereocenters. The number of alkyl halides is 1. The Morgan fingerprint density at radius 1 is 0.719 bits per heavy atom. The van der Waals surface area contributed by atoms with Crippen molar-refractivity contribution in [3.8, 4) is 32.6 Å². The van der Waals surface area contributed by atoms with Crippen molar-refractivity contribution in [1.29, 1.82) is 0 Å². The van der Waals surface area contributed by atoms with Crippen molar-refractivity contribution < 1.29 is 31.6 Å². The number of thiazole rings is 2. The number of benzene rings is 5. The number of ether oxygens (including phenoxy) is 2. The highest BCUT2D eigenvalue weighted by molar-refractivity contribution is 7.86. The number of aromatic nitrogens is 2. The smallest absolute Gasteiger partial charge is 0.296 e. The van der Waals surface area contributed by atoms with Crippen LogP contribution in [0.3, 0.4) is 0 Å². The Kier molecular flexibility index (Phi) is 16.2. The SMILES string of the molecule is CC.COCOc1ccc2nc(-c3ccc(NCCCOS(=O)(=O)c4ccc(C)cc4)cc3)sc2c1.Oc1ccc2nc(-c3ccc(NCCC[18F])cc3)sc2c1. The molecule has 300 valence electrons. The van der Waals surface area contributed by atoms with Gasteiger partial charge in [0.1, 0.15) is 21.5 Å². The van der Waals surface area contributed by atoms with Crippen LogP contribution in [-0.4, -0.2) is 63.8 Å². The second kappa shape index (κ2) is 21.4. The average Bonchev–Trinajstić information content (AvgIpc) is 3.86. The highest BCUT2D eigenvalue weighted by Crippen LogP contribution is 2.34.